The summed E-state index contributed by atoms with van der Waals surface area (Å²) in [5, 5.41) is 0. The van der Waals surface area contributed by atoms with E-state index in [1.165, 1.54) is 6.08 Å². The minimum absolute atomic E-state index is 0.163. The monoisotopic (exact) mass is 224 g/mol. The summed E-state index contributed by atoms with van der Waals surface area (Å²) in [6.07, 6.45) is 1.36. The van der Waals surface area contributed by atoms with Gasteiger partial charge in [-0.1, -0.05) is 37.0 Å². The third-order valence-electron chi connectivity index (χ3n) is 1.38. The Balaban J connectivity index is 4.43. The second-order valence-electron chi connectivity index (χ2n) is 2.84. The van der Waals surface area contributed by atoms with E-state index in [-0.39, 0.29) is 11.7 Å². The summed E-state index contributed by atoms with van der Waals surface area (Å²) in [4.78, 5) is 10.1. The van der Waals surface area contributed by atoms with E-state index in [1.807, 2.05) is 20.8 Å². The van der Waals surface area contributed by atoms with E-state index in [9.17, 15) is 4.79 Å². The molecule has 0 aliphatic heterocycles. The first kappa shape index (κ1) is 12.8. The van der Waals surface area contributed by atoms with Gasteiger partial charge in [0.1, 0.15) is 5.76 Å². The van der Waals surface area contributed by atoms with E-state index in [1.54, 1.807) is 0 Å². The normalized spacial score (nSPS) is 12.4. The average molecular weight is 225 g/mol. The van der Waals surface area contributed by atoms with E-state index in [4.69, 9.17) is 27.9 Å². The lowest BCUT2D eigenvalue weighted by Gasteiger charge is -2.11. The summed E-state index contributed by atoms with van der Waals surface area (Å²) in [5.41, 5.74) is 0. The Morgan fingerprint density at radius 3 is 2.31 bits per heavy atom. The van der Waals surface area contributed by atoms with Crippen LogP contribution in [0.25, 0.3) is 0 Å². The van der Waals surface area contributed by atoms with Gasteiger partial charge < -0.3 is 4.74 Å². The molecule has 76 valence electrons. The molecule has 0 aliphatic carbocycles. The summed E-state index contributed by atoms with van der Waals surface area (Å²) in [6.45, 7) is 6.27. The molecule has 0 saturated heterocycles. The Kier molecular flexibility index (Phi) is 6.17. The molecule has 0 unspecified atom stereocenters. The van der Waals surface area contributed by atoms with Crippen LogP contribution in [-0.2, 0) is 9.53 Å². The van der Waals surface area contributed by atoms with Crippen molar-refractivity contribution in [3.8, 4) is 0 Å². The van der Waals surface area contributed by atoms with Crippen LogP contribution in [0, 0.1) is 5.92 Å². The number of hydrogen-bond donors (Lipinski definition) is 0. The first-order valence-electron chi connectivity index (χ1n) is 4.15. The van der Waals surface area contributed by atoms with Gasteiger partial charge in [0.15, 0.2) is 10.6 Å². The van der Waals surface area contributed by atoms with E-state index < -0.39 is 4.84 Å². The topological polar surface area (TPSA) is 26.3 Å². The predicted octanol–water partition coefficient (Wildman–Crippen LogP) is 2.94. The molecular formula is C9H14Cl2O2. The van der Waals surface area contributed by atoms with Gasteiger partial charge in [-0.2, -0.15) is 0 Å². The number of ketones is 1. The third-order valence-corrected chi connectivity index (χ3v) is 1.81. The molecule has 0 saturated carbocycles. The maximum Gasteiger partial charge on any atom is 0.191 e. The maximum atomic E-state index is 11.1. The Morgan fingerprint density at radius 1 is 1.46 bits per heavy atom. The average Bonchev–Trinajstić information content (AvgIpc) is 2.03. The van der Waals surface area contributed by atoms with Crippen LogP contribution in [0.4, 0.5) is 0 Å². The van der Waals surface area contributed by atoms with Crippen LogP contribution < -0.4 is 0 Å². The van der Waals surface area contributed by atoms with Crippen LogP contribution >= 0.6 is 23.2 Å². The van der Waals surface area contributed by atoms with Gasteiger partial charge in [-0.25, -0.2) is 0 Å². The molecule has 0 aromatic heterocycles. The highest BCUT2D eigenvalue weighted by atomic mass is 35.5. The van der Waals surface area contributed by atoms with Crippen LogP contribution in [-0.4, -0.2) is 17.2 Å². The summed E-state index contributed by atoms with van der Waals surface area (Å²) in [7, 11) is 0. The second kappa shape index (κ2) is 6.28. The molecule has 0 radical (unpaired) electrons. The fourth-order valence-corrected chi connectivity index (χ4v) is 0.871. The number of carbonyl (C=O) groups is 1. The van der Waals surface area contributed by atoms with E-state index in [0.717, 1.165) is 0 Å². The molecule has 0 aromatic carbocycles. The van der Waals surface area contributed by atoms with Crippen molar-refractivity contribution in [3.63, 3.8) is 0 Å². The van der Waals surface area contributed by atoms with Gasteiger partial charge in [0.25, 0.3) is 0 Å². The van der Waals surface area contributed by atoms with Crippen LogP contribution in [0.1, 0.15) is 20.8 Å². The van der Waals surface area contributed by atoms with Crippen LogP contribution in [0.5, 0.6) is 0 Å². The highest BCUT2D eigenvalue weighted by Gasteiger charge is 2.12. The van der Waals surface area contributed by atoms with E-state index in [2.05, 4.69) is 0 Å². The Labute approximate surface area is 88.9 Å². The van der Waals surface area contributed by atoms with Crippen molar-refractivity contribution < 1.29 is 9.53 Å². The first-order chi connectivity index (χ1) is 5.99. The smallest absolute Gasteiger partial charge is 0.191 e. The van der Waals surface area contributed by atoms with Crippen molar-refractivity contribution in [2.75, 3.05) is 6.61 Å². The number of rotatable bonds is 5. The molecule has 0 rings (SSSR count). The van der Waals surface area contributed by atoms with Crippen molar-refractivity contribution >= 4 is 29.0 Å². The quantitative estimate of drug-likeness (QED) is 0.408. The number of hydrogen-bond acceptors (Lipinski definition) is 2. The van der Waals surface area contributed by atoms with Gasteiger partial charge in [0.05, 0.1) is 6.61 Å². The molecule has 0 spiro atoms. The molecule has 0 aromatic rings. The van der Waals surface area contributed by atoms with Crippen LogP contribution in [0.3, 0.4) is 0 Å². The lowest BCUT2D eigenvalue weighted by atomic mass is 10.1. The van der Waals surface area contributed by atoms with E-state index in [0.29, 0.717) is 12.4 Å². The lowest BCUT2D eigenvalue weighted by molar-refractivity contribution is -0.113. The van der Waals surface area contributed by atoms with Gasteiger partial charge in [-0.05, 0) is 6.92 Å². The molecule has 0 N–H and O–H groups in total. The number of carbonyl (C=O) groups excluding carboxylic acids is 1. The molecule has 0 amide bonds. The van der Waals surface area contributed by atoms with Gasteiger partial charge in [0, 0.05) is 12.0 Å². The van der Waals surface area contributed by atoms with Gasteiger partial charge in [-0.15, -0.1) is 0 Å². The fourth-order valence-electron chi connectivity index (χ4n) is 0.745. The molecule has 0 heterocycles. The SMILES string of the molecule is CCO/C(=C/C(=O)C(Cl)Cl)C(C)C. The van der Waals surface area contributed by atoms with Crippen LogP contribution in [0.2, 0.25) is 0 Å². The fraction of sp³-hybridized carbons (Fsp3) is 0.667. The minimum Gasteiger partial charge on any atom is -0.498 e. The summed E-state index contributed by atoms with van der Waals surface area (Å²) < 4.78 is 5.25. The second-order valence-corrected chi connectivity index (χ2v) is 3.93. The van der Waals surface area contributed by atoms with Gasteiger partial charge in [-0.3, -0.25) is 4.79 Å². The zero-order valence-corrected chi connectivity index (χ0v) is 9.52. The molecule has 0 aliphatic rings. The number of alkyl halides is 2. The largest absolute Gasteiger partial charge is 0.498 e. The highest BCUT2D eigenvalue weighted by Crippen LogP contribution is 2.13. The standard InChI is InChI=1S/C9H14Cl2O2/c1-4-13-8(6(2)3)5-7(12)9(10)11/h5-6,9H,4H2,1-3H3/b8-5+. The highest BCUT2D eigenvalue weighted by molar-refractivity contribution is 6.54. The first-order valence-corrected chi connectivity index (χ1v) is 5.02. The predicted molar refractivity (Wildman–Crippen MR) is 55.0 cm³/mol. The Bertz CT molecular complexity index is 198. The van der Waals surface area contributed by atoms with Crippen molar-refractivity contribution in [2.45, 2.75) is 25.6 Å². The van der Waals surface area contributed by atoms with Crippen LogP contribution in [0.15, 0.2) is 11.8 Å². The number of ether oxygens (including phenoxy) is 1. The molecule has 4 heteroatoms. The van der Waals surface area contributed by atoms with Gasteiger partial charge >= 0.3 is 0 Å². The lowest BCUT2D eigenvalue weighted by Crippen LogP contribution is -2.08. The third kappa shape index (κ3) is 5.17. The summed E-state index contributed by atoms with van der Waals surface area (Å²) >= 11 is 10.8. The summed E-state index contributed by atoms with van der Waals surface area (Å²) in [6, 6.07) is 0. The molecular weight excluding hydrogens is 211 g/mol. The van der Waals surface area contributed by atoms with Crippen molar-refractivity contribution in [2.24, 2.45) is 5.92 Å². The Morgan fingerprint density at radius 2 is 2.00 bits per heavy atom. The number of allylic oxidation sites excluding steroid dienone is 2. The number of halogens is 2. The van der Waals surface area contributed by atoms with Crippen molar-refractivity contribution in [1.82, 2.24) is 0 Å². The zero-order chi connectivity index (χ0) is 10.4. The summed E-state index contributed by atoms with van der Waals surface area (Å²) in [5.74, 6) is 0.454. The zero-order valence-electron chi connectivity index (χ0n) is 8.01. The molecule has 0 bridgehead atoms. The Hall–Kier alpha value is -0.210. The van der Waals surface area contributed by atoms with Crippen molar-refractivity contribution in [3.05, 3.63) is 11.8 Å². The molecule has 13 heavy (non-hydrogen) atoms. The van der Waals surface area contributed by atoms with Gasteiger partial charge in [0.2, 0.25) is 0 Å². The van der Waals surface area contributed by atoms with E-state index >= 15 is 0 Å². The minimum atomic E-state index is -1.01. The molecule has 0 fully saturated rings. The molecule has 2 nitrogen and oxygen atoms in total. The van der Waals surface area contributed by atoms with Crippen molar-refractivity contribution in [1.29, 1.82) is 0 Å². The molecule has 0 atom stereocenters. The maximum absolute atomic E-state index is 11.1.